The number of benzene rings is 2. The summed E-state index contributed by atoms with van der Waals surface area (Å²) in [5, 5.41) is 6.01. The Kier molecular flexibility index (Phi) is 10.7. The van der Waals surface area contributed by atoms with E-state index in [1.807, 2.05) is 48.5 Å². The highest BCUT2D eigenvalue weighted by atomic mass is 16.5. The molecule has 6 nitrogen and oxygen atoms in total. The molecular weight excluding hydrogens is 464 g/mol. The summed E-state index contributed by atoms with van der Waals surface area (Å²) < 4.78 is 11.9. The smallest absolute Gasteiger partial charge is 0.251 e. The Morgan fingerprint density at radius 2 is 0.919 bits per heavy atom. The summed E-state index contributed by atoms with van der Waals surface area (Å²) in [7, 11) is 0. The maximum absolute atomic E-state index is 12.4. The Bertz CT molecular complexity index is 882. The monoisotopic (exact) mass is 506 g/mol. The van der Waals surface area contributed by atoms with Gasteiger partial charge in [-0.3, -0.25) is 9.59 Å². The lowest BCUT2D eigenvalue weighted by Gasteiger charge is -2.13. The Labute approximate surface area is 221 Å². The lowest BCUT2D eigenvalue weighted by Crippen LogP contribution is -2.24. The van der Waals surface area contributed by atoms with E-state index < -0.39 is 0 Å². The third-order valence-corrected chi connectivity index (χ3v) is 7.37. The number of ether oxygens (including phenoxy) is 2. The molecule has 0 atom stereocenters. The number of unbranched alkanes of at least 4 members (excludes halogenated alkanes) is 4. The summed E-state index contributed by atoms with van der Waals surface area (Å²) in [5.74, 6) is 1.63. The van der Waals surface area contributed by atoms with Crippen LogP contribution in [0.4, 0.5) is 0 Å². The zero-order valence-electron chi connectivity index (χ0n) is 22.0. The molecule has 200 valence electrons. The van der Waals surface area contributed by atoms with Gasteiger partial charge >= 0.3 is 0 Å². The first kappa shape index (κ1) is 27.0. The molecule has 0 radical (unpaired) electrons. The first-order valence-corrected chi connectivity index (χ1v) is 14.3. The average molecular weight is 507 g/mol. The molecule has 2 amide bonds. The number of rotatable bonds is 14. The van der Waals surface area contributed by atoms with E-state index in [0.29, 0.717) is 36.4 Å². The van der Waals surface area contributed by atoms with Crippen LogP contribution < -0.4 is 20.1 Å². The predicted octanol–water partition coefficient (Wildman–Crippen LogP) is 6.44. The van der Waals surface area contributed by atoms with Crippen molar-refractivity contribution in [3.63, 3.8) is 0 Å². The van der Waals surface area contributed by atoms with Gasteiger partial charge in [-0.05, 0) is 113 Å². The molecule has 0 spiro atoms. The van der Waals surface area contributed by atoms with Crippen LogP contribution in [0.5, 0.6) is 11.5 Å². The summed E-state index contributed by atoms with van der Waals surface area (Å²) in [5.41, 5.74) is 1.34. The van der Waals surface area contributed by atoms with E-state index in [1.165, 1.54) is 25.7 Å². The molecule has 4 rings (SSSR count). The lowest BCUT2D eigenvalue weighted by atomic mass is 10.1. The molecule has 2 aliphatic carbocycles. The van der Waals surface area contributed by atoms with Gasteiger partial charge < -0.3 is 20.1 Å². The predicted molar refractivity (Wildman–Crippen MR) is 146 cm³/mol. The van der Waals surface area contributed by atoms with Gasteiger partial charge in [-0.2, -0.15) is 0 Å². The molecule has 0 aromatic heterocycles. The van der Waals surface area contributed by atoms with Gasteiger partial charge in [0.25, 0.3) is 11.8 Å². The minimum absolute atomic E-state index is 0.0340. The van der Waals surface area contributed by atoms with Crippen molar-refractivity contribution in [1.29, 1.82) is 0 Å². The van der Waals surface area contributed by atoms with Crippen LogP contribution in [0, 0.1) is 0 Å². The molecule has 0 bridgehead atoms. The molecule has 2 aromatic rings. The van der Waals surface area contributed by atoms with Crippen molar-refractivity contribution in [2.45, 2.75) is 95.7 Å². The standard InChI is InChI=1S/C31H42N2O4/c34-30(24-14-18-28(19-15-24)36-26-10-4-5-11-26)32-22-8-2-1-3-9-23-33-31(35)25-16-20-29(21-17-25)37-27-12-6-7-13-27/h14-21,26-27H,1-13,22-23H2,(H,32,34)(H,33,35). The Hall–Kier alpha value is -3.02. The van der Waals surface area contributed by atoms with E-state index >= 15 is 0 Å². The third kappa shape index (κ3) is 9.10. The second-order valence-corrected chi connectivity index (χ2v) is 10.4. The molecule has 2 aromatic carbocycles. The molecule has 2 N–H and O–H groups in total. The SMILES string of the molecule is O=C(NCCCCCCCNC(=O)c1ccc(OC2CCCC2)cc1)c1ccc(OC2CCCC2)cc1. The van der Waals surface area contributed by atoms with E-state index in [1.54, 1.807) is 0 Å². The second-order valence-electron chi connectivity index (χ2n) is 10.4. The average Bonchev–Trinajstić information content (AvgIpc) is 3.63. The van der Waals surface area contributed by atoms with Gasteiger partial charge in [-0.25, -0.2) is 0 Å². The summed E-state index contributed by atoms with van der Waals surface area (Å²) in [6.07, 6.45) is 15.3. The van der Waals surface area contributed by atoms with Crippen molar-refractivity contribution < 1.29 is 19.1 Å². The maximum atomic E-state index is 12.4. The van der Waals surface area contributed by atoms with E-state index in [4.69, 9.17) is 9.47 Å². The quantitative estimate of drug-likeness (QED) is 0.289. The largest absolute Gasteiger partial charge is 0.490 e. The normalized spacial score (nSPS) is 16.0. The minimum Gasteiger partial charge on any atom is -0.490 e. The summed E-state index contributed by atoms with van der Waals surface area (Å²) in [4.78, 5) is 24.7. The van der Waals surface area contributed by atoms with Crippen molar-refractivity contribution in [2.75, 3.05) is 13.1 Å². The van der Waals surface area contributed by atoms with Crippen LogP contribution in [-0.2, 0) is 0 Å². The van der Waals surface area contributed by atoms with E-state index in [-0.39, 0.29) is 11.8 Å². The van der Waals surface area contributed by atoms with E-state index in [9.17, 15) is 9.59 Å². The zero-order valence-corrected chi connectivity index (χ0v) is 22.0. The molecule has 37 heavy (non-hydrogen) atoms. The molecule has 2 saturated carbocycles. The highest BCUT2D eigenvalue weighted by Crippen LogP contribution is 2.25. The van der Waals surface area contributed by atoms with Crippen LogP contribution in [0.15, 0.2) is 48.5 Å². The van der Waals surface area contributed by atoms with Gasteiger partial charge in [0.15, 0.2) is 0 Å². The minimum atomic E-state index is -0.0340. The van der Waals surface area contributed by atoms with Gasteiger partial charge in [0.2, 0.25) is 0 Å². The van der Waals surface area contributed by atoms with E-state index in [0.717, 1.165) is 69.3 Å². The number of carbonyl (C=O) groups excluding carboxylic acids is 2. The molecule has 2 fully saturated rings. The number of nitrogens with one attached hydrogen (secondary N) is 2. The van der Waals surface area contributed by atoms with Gasteiger partial charge in [0.05, 0.1) is 12.2 Å². The Morgan fingerprint density at radius 3 is 1.30 bits per heavy atom. The van der Waals surface area contributed by atoms with Gasteiger partial charge in [0.1, 0.15) is 11.5 Å². The fraction of sp³-hybridized carbons (Fsp3) is 0.548. The van der Waals surface area contributed by atoms with Crippen LogP contribution >= 0.6 is 0 Å². The number of carbonyl (C=O) groups is 2. The van der Waals surface area contributed by atoms with Crippen molar-refractivity contribution in [2.24, 2.45) is 0 Å². The highest BCUT2D eigenvalue weighted by Gasteiger charge is 2.17. The fourth-order valence-corrected chi connectivity index (χ4v) is 5.16. The van der Waals surface area contributed by atoms with Gasteiger partial charge in [-0.1, -0.05) is 19.3 Å². The van der Waals surface area contributed by atoms with Gasteiger partial charge in [-0.15, -0.1) is 0 Å². The van der Waals surface area contributed by atoms with E-state index in [2.05, 4.69) is 10.6 Å². The molecule has 6 heteroatoms. The summed E-state index contributed by atoms with van der Waals surface area (Å²) >= 11 is 0. The lowest BCUT2D eigenvalue weighted by molar-refractivity contribution is 0.0945. The van der Waals surface area contributed by atoms with Crippen molar-refractivity contribution >= 4 is 11.8 Å². The molecule has 0 saturated heterocycles. The highest BCUT2D eigenvalue weighted by molar-refractivity contribution is 5.94. The van der Waals surface area contributed by atoms with Crippen LogP contribution in [0.1, 0.15) is 104 Å². The first-order chi connectivity index (χ1) is 18.2. The van der Waals surface area contributed by atoms with Crippen molar-refractivity contribution in [3.05, 3.63) is 59.7 Å². The molecular formula is C31H42N2O4. The molecule has 0 heterocycles. The summed E-state index contributed by atoms with van der Waals surface area (Å²) in [6.45, 7) is 1.35. The number of hydrogen-bond acceptors (Lipinski definition) is 4. The van der Waals surface area contributed by atoms with Crippen molar-refractivity contribution in [1.82, 2.24) is 10.6 Å². The van der Waals surface area contributed by atoms with Crippen LogP contribution in [0.2, 0.25) is 0 Å². The summed E-state index contributed by atoms with van der Waals surface area (Å²) in [6, 6.07) is 14.9. The van der Waals surface area contributed by atoms with Crippen LogP contribution in [0.3, 0.4) is 0 Å². The third-order valence-electron chi connectivity index (χ3n) is 7.37. The Morgan fingerprint density at radius 1 is 0.568 bits per heavy atom. The first-order valence-electron chi connectivity index (χ1n) is 14.3. The molecule has 0 aliphatic heterocycles. The zero-order chi connectivity index (χ0) is 25.7. The van der Waals surface area contributed by atoms with Crippen LogP contribution in [0.25, 0.3) is 0 Å². The second kappa shape index (κ2) is 14.7. The fourth-order valence-electron chi connectivity index (χ4n) is 5.16. The number of amides is 2. The Balaban J connectivity index is 1.00. The van der Waals surface area contributed by atoms with Crippen LogP contribution in [-0.4, -0.2) is 37.1 Å². The number of hydrogen-bond donors (Lipinski definition) is 2. The molecule has 2 aliphatic rings. The van der Waals surface area contributed by atoms with Crippen molar-refractivity contribution in [3.8, 4) is 11.5 Å². The van der Waals surface area contributed by atoms with Gasteiger partial charge in [0, 0.05) is 24.2 Å². The maximum Gasteiger partial charge on any atom is 0.251 e. The topological polar surface area (TPSA) is 76.7 Å². The molecule has 0 unspecified atom stereocenters.